The summed E-state index contributed by atoms with van der Waals surface area (Å²) in [5.74, 6) is -2.82. The number of primary amides is 1. The minimum Gasteiger partial charge on any atom is -0.363 e. The second kappa shape index (κ2) is 8.17. The van der Waals surface area contributed by atoms with Crippen molar-refractivity contribution in [3.05, 3.63) is 60.0 Å². The summed E-state index contributed by atoms with van der Waals surface area (Å²) in [6.07, 6.45) is 1.48. The molecule has 1 unspecified atom stereocenters. The Morgan fingerprint density at radius 1 is 1.10 bits per heavy atom. The molecule has 0 aliphatic heterocycles. The van der Waals surface area contributed by atoms with Crippen LogP contribution in [0.3, 0.4) is 0 Å². The van der Waals surface area contributed by atoms with Gasteiger partial charge >= 0.3 is 0 Å². The van der Waals surface area contributed by atoms with Gasteiger partial charge in [0.15, 0.2) is 11.3 Å². The average molecular weight is 422 g/mol. The monoisotopic (exact) mass is 422 g/mol. The van der Waals surface area contributed by atoms with Crippen LogP contribution in [-0.2, 0) is 16.0 Å². The van der Waals surface area contributed by atoms with E-state index in [1.165, 1.54) is 0 Å². The van der Waals surface area contributed by atoms with E-state index in [0.717, 1.165) is 11.7 Å². The van der Waals surface area contributed by atoms with Gasteiger partial charge in [-0.3, -0.25) is 19.4 Å². The number of nitrogens with zero attached hydrogens (tertiary/aromatic N) is 4. The molecule has 0 fully saturated rings. The van der Waals surface area contributed by atoms with Gasteiger partial charge in [-0.25, -0.2) is 0 Å². The highest BCUT2D eigenvalue weighted by molar-refractivity contribution is 6.99. The van der Waals surface area contributed by atoms with Crippen molar-refractivity contribution in [1.29, 1.82) is 0 Å². The van der Waals surface area contributed by atoms with E-state index in [0.29, 0.717) is 22.4 Å². The highest BCUT2D eigenvalue weighted by Crippen LogP contribution is 2.21. The molecule has 3 aromatic heterocycles. The van der Waals surface area contributed by atoms with Crippen molar-refractivity contribution < 1.29 is 18.9 Å². The van der Waals surface area contributed by atoms with Crippen molar-refractivity contribution in [2.75, 3.05) is 0 Å². The van der Waals surface area contributed by atoms with Crippen molar-refractivity contribution in [3.63, 3.8) is 0 Å². The summed E-state index contributed by atoms with van der Waals surface area (Å²) in [6, 6.07) is 11.0. The topological polar surface area (TPSA) is 154 Å². The zero-order valence-electron chi connectivity index (χ0n) is 15.3. The Labute approximate surface area is 173 Å². The number of amides is 2. The number of carbonyl (C=O) groups excluding carboxylic acids is 3. The zero-order valence-corrected chi connectivity index (χ0v) is 16.1. The van der Waals surface area contributed by atoms with Crippen molar-refractivity contribution >= 4 is 40.3 Å². The van der Waals surface area contributed by atoms with Gasteiger partial charge < -0.3 is 15.6 Å². The van der Waals surface area contributed by atoms with Gasteiger partial charge in [0, 0.05) is 18.0 Å². The maximum atomic E-state index is 12.8. The molecule has 2 amide bonds. The summed E-state index contributed by atoms with van der Waals surface area (Å²) in [5, 5.41) is 7.13. The standard InChI is InChI=1S/C19H14N6O4S/c20-18(27)17(26)13(9-12-10-5-1-2-7-14(10)29-23-12)22-19(28)16-15(24-30-25-16)11-6-3-4-8-21-11/h1-8,13H,9H2,(H2,20,27)(H,22,28). The number of para-hydroxylation sites is 1. The van der Waals surface area contributed by atoms with Crippen molar-refractivity contribution in [2.45, 2.75) is 12.5 Å². The lowest BCUT2D eigenvalue weighted by Crippen LogP contribution is -2.47. The molecule has 0 spiro atoms. The molecule has 4 rings (SSSR count). The van der Waals surface area contributed by atoms with Gasteiger partial charge in [0.05, 0.1) is 23.1 Å². The van der Waals surface area contributed by atoms with Crippen LogP contribution in [0, 0.1) is 0 Å². The molecular weight excluding hydrogens is 408 g/mol. The number of carbonyl (C=O) groups is 3. The lowest BCUT2D eigenvalue weighted by Gasteiger charge is -2.14. The van der Waals surface area contributed by atoms with Crippen LogP contribution >= 0.6 is 11.7 Å². The van der Waals surface area contributed by atoms with Crippen LogP contribution in [0.15, 0.2) is 53.2 Å². The minimum atomic E-state index is -1.25. The van der Waals surface area contributed by atoms with Crippen LogP contribution in [0.5, 0.6) is 0 Å². The predicted octanol–water partition coefficient (Wildman–Crippen LogP) is 1.14. The molecule has 3 N–H and O–H groups in total. The zero-order chi connectivity index (χ0) is 21.1. The largest absolute Gasteiger partial charge is 0.363 e. The molecule has 1 atom stereocenters. The Balaban J connectivity index is 1.62. The fourth-order valence-corrected chi connectivity index (χ4v) is 3.45. The maximum Gasteiger partial charge on any atom is 0.287 e. The fourth-order valence-electron chi connectivity index (χ4n) is 2.89. The third kappa shape index (κ3) is 3.78. The number of nitrogens with two attached hydrogens (primary N) is 1. The molecule has 0 bridgehead atoms. The van der Waals surface area contributed by atoms with Gasteiger partial charge in [0.1, 0.15) is 11.7 Å². The number of nitrogens with one attached hydrogen (secondary N) is 1. The summed E-state index contributed by atoms with van der Waals surface area (Å²) in [4.78, 5) is 40.9. The Morgan fingerprint density at radius 3 is 2.67 bits per heavy atom. The molecular formula is C19H14N6O4S. The van der Waals surface area contributed by atoms with Gasteiger partial charge in [-0.05, 0) is 24.3 Å². The SMILES string of the molecule is NC(=O)C(=O)C(Cc1noc2ccccc12)NC(=O)c1nsnc1-c1ccccn1. The Morgan fingerprint density at radius 2 is 1.90 bits per heavy atom. The fraction of sp³-hybridized carbons (Fsp3) is 0.105. The maximum absolute atomic E-state index is 12.8. The van der Waals surface area contributed by atoms with Gasteiger partial charge in [-0.1, -0.05) is 23.4 Å². The number of rotatable bonds is 7. The molecule has 1 aromatic carbocycles. The molecule has 4 aromatic rings. The number of aromatic nitrogens is 4. The van der Waals surface area contributed by atoms with Crippen molar-refractivity contribution in [1.82, 2.24) is 24.2 Å². The van der Waals surface area contributed by atoms with Crippen molar-refractivity contribution in [3.8, 4) is 11.4 Å². The normalized spacial score (nSPS) is 11.9. The molecule has 0 radical (unpaired) electrons. The van der Waals surface area contributed by atoms with E-state index in [1.807, 2.05) is 0 Å². The summed E-state index contributed by atoms with van der Waals surface area (Å²) < 4.78 is 13.4. The van der Waals surface area contributed by atoms with E-state index in [9.17, 15) is 14.4 Å². The van der Waals surface area contributed by atoms with Crippen LogP contribution in [0.4, 0.5) is 0 Å². The number of ketones is 1. The number of benzene rings is 1. The quantitative estimate of drug-likeness (QED) is 0.420. The minimum absolute atomic E-state index is 0.00835. The lowest BCUT2D eigenvalue weighted by molar-refractivity contribution is -0.137. The van der Waals surface area contributed by atoms with E-state index in [-0.39, 0.29) is 17.8 Å². The van der Waals surface area contributed by atoms with Gasteiger partial charge in [-0.15, -0.1) is 0 Å². The molecule has 0 saturated carbocycles. The Bertz CT molecular complexity index is 1240. The number of pyridine rings is 1. The van der Waals surface area contributed by atoms with E-state index in [2.05, 4.69) is 24.2 Å². The first kappa shape index (κ1) is 19.3. The summed E-state index contributed by atoms with van der Waals surface area (Å²) in [7, 11) is 0. The number of fused-ring (bicyclic) bond motifs is 1. The van der Waals surface area contributed by atoms with Crippen molar-refractivity contribution in [2.24, 2.45) is 5.73 Å². The van der Waals surface area contributed by atoms with Gasteiger partial charge in [0.2, 0.25) is 5.78 Å². The summed E-state index contributed by atoms with van der Waals surface area (Å²) in [5.41, 5.74) is 6.82. The van der Waals surface area contributed by atoms with E-state index < -0.39 is 23.6 Å². The Hall–Kier alpha value is -3.99. The highest BCUT2D eigenvalue weighted by atomic mass is 32.1. The second-order valence-electron chi connectivity index (χ2n) is 6.26. The molecule has 0 aliphatic carbocycles. The molecule has 150 valence electrons. The number of hydrogen-bond donors (Lipinski definition) is 2. The van der Waals surface area contributed by atoms with E-state index in [1.54, 1.807) is 48.7 Å². The average Bonchev–Trinajstić information content (AvgIpc) is 3.41. The van der Waals surface area contributed by atoms with Crippen LogP contribution in [-0.4, -0.2) is 42.5 Å². The smallest absolute Gasteiger partial charge is 0.287 e. The van der Waals surface area contributed by atoms with Gasteiger partial charge in [-0.2, -0.15) is 8.75 Å². The second-order valence-corrected chi connectivity index (χ2v) is 6.79. The molecule has 10 nitrogen and oxygen atoms in total. The van der Waals surface area contributed by atoms with Crippen LogP contribution in [0.25, 0.3) is 22.4 Å². The van der Waals surface area contributed by atoms with Crippen LogP contribution in [0.1, 0.15) is 16.2 Å². The van der Waals surface area contributed by atoms with Crippen LogP contribution in [0.2, 0.25) is 0 Å². The number of hydrogen-bond acceptors (Lipinski definition) is 9. The van der Waals surface area contributed by atoms with Crippen LogP contribution < -0.4 is 11.1 Å². The molecule has 11 heteroatoms. The third-order valence-corrected chi connectivity index (χ3v) is 4.85. The number of Topliss-reactive ketones (excluding diaryl/α,β-unsaturated/α-hetero) is 1. The molecule has 30 heavy (non-hydrogen) atoms. The third-order valence-electron chi connectivity index (χ3n) is 4.33. The highest BCUT2D eigenvalue weighted by Gasteiger charge is 2.30. The summed E-state index contributed by atoms with van der Waals surface area (Å²) in [6.45, 7) is 0. The first-order chi connectivity index (χ1) is 14.5. The molecule has 0 aliphatic rings. The Kier molecular flexibility index (Phi) is 5.26. The van der Waals surface area contributed by atoms with E-state index >= 15 is 0 Å². The lowest BCUT2D eigenvalue weighted by atomic mass is 10.0. The summed E-state index contributed by atoms with van der Waals surface area (Å²) >= 11 is 0.834. The first-order valence-electron chi connectivity index (χ1n) is 8.76. The van der Waals surface area contributed by atoms with Gasteiger partial charge in [0.25, 0.3) is 11.8 Å². The molecule has 3 heterocycles. The predicted molar refractivity (Wildman–Crippen MR) is 106 cm³/mol. The molecule has 0 saturated heterocycles. The van der Waals surface area contributed by atoms with E-state index in [4.69, 9.17) is 10.3 Å². The first-order valence-corrected chi connectivity index (χ1v) is 9.49.